The molecular formula is C111H74Ir4N12O4-8. The molecule has 8 aromatic carbocycles. The van der Waals surface area contributed by atoms with Crippen LogP contribution in [0.2, 0.25) is 0 Å². The maximum absolute atomic E-state index is 5.80. The van der Waals surface area contributed by atoms with Crippen LogP contribution < -0.4 is 0 Å². The van der Waals surface area contributed by atoms with Gasteiger partial charge in [0.2, 0.25) is 0 Å². The summed E-state index contributed by atoms with van der Waals surface area (Å²) in [6.45, 7) is 6.22. The van der Waals surface area contributed by atoms with Crippen LogP contribution in [0.3, 0.4) is 0 Å². The molecular weight excluding hydrogens is 2330 g/mol. The summed E-state index contributed by atoms with van der Waals surface area (Å²) in [5.74, 6) is 0. The predicted octanol–water partition coefficient (Wildman–Crippen LogP) is 26.5. The van der Waals surface area contributed by atoms with Gasteiger partial charge in [0.25, 0.3) is 0 Å². The van der Waals surface area contributed by atoms with E-state index in [1.54, 1.807) is 49.6 Å². The number of fused-ring (bicyclic) bond motifs is 12. The first kappa shape index (κ1) is 94.0. The molecule has 646 valence electrons. The predicted molar refractivity (Wildman–Crippen MR) is 503 cm³/mol. The zero-order valence-corrected chi connectivity index (χ0v) is 79.9. The number of hydrogen-bond acceptors (Lipinski definition) is 16. The van der Waals surface area contributed by atoms with Gasteiger partial charge in [0.1, 0.15) is 28.0 Å². The Labute approximate surface area is 811 Å². The smallest absolute Gasteiger partial charge is 0.169 e. The van der Waals surface area contributed by atoms with E-state index in [4.69, 9.17) is 17.7 Å². The van der Waals surface area contributed by atoms with E-state index in [0.717, 1.165) is 161 Å². The molecule has 0 atom stereocenters. The van der Waals surface area contributed by atoms with E-state index in [1.807, 2.05) is 347 Å². The van der Waals surface area contributed by atoms with Crippen LogP contribution >= 0.6 is 0 Å². The third-order valence-electron chi connectivity index (χ3n) is 20.0. The maximum Gasteiger partial charge on any atom is 0.169 e. The Bertz CT molecular complexity index is 7030. The second-order valence-corrected chi connectivity index (χ2v) is 28.6. The van der Waals surface area contributed by atoms with Crippen molar-refractivity contribution in [1.29, 1.82) is 0 Å². The number of hydrogen-bond donors (Lipinski definition) is 0. The van der Waals surface area contributed by atoms with E-state index in [1.165, 1.54) is 16.7 Å². The Hall–Kier alpha value is -14.6. The third kappa shape index (κ3) is 24.0. The van der Waals surface area contributed by atoms with Crippen LogP contribution in [0.4, 0.5) is 0 Å². The van der Waals surface area contributed by atoms with E-state index >= 15 is 0 Å². The van der Waals surface area contributed by atoms with E-state index < -0.39 is 0 Å². The second-order valence-electron chi connectivity index (χ2n) is 28.6. The van der Waals surface area contributed by atoms with Crippen LogP contribution in [0.5, 0.6) is 0 Å². The number of benzene rings is 8. The largest absolute Gasteiger partial charge is 0.483 e. The fourth-order valence-corrected chi connectivity index (χ4v) is 13.5. The Morgan fingerprint density at radius 1 is 0.229 bits per heavy atom. The quantitative estimate of drug-likeness (QED) is 0.130. The Morgan fingerprint density at radius 3 is 1.15 bits per heavy atom. The van der Waals surface area contributed by atoms with Crippen molar-refractivity contribution in [3.8, 4) is 90.2 Å². The van der Waals surface area contributed by atoms with Gasteiger partial charge >= 0.3 is 0 Å². The molecule has 24 aromatic rings. The number of aromatic nitrogens is 12. The minimum absolute atomic E-state index is 0. The first-order valence-electron chi connectivity index (χ1n) is 40.7. The SMILES string of the molecule is Cc1ccnc(-c2[c-]nc3oc4ccccc4c3c2)c1.Cc1cnc(-c2[c-]cccc2)cc1C.[Ir].[Ir].[Ir].[Ir].[c-]1cc2c(cc1-c1ccccn1)oc1cccnc12.[c-]1cc2c(nc1-c1ccccn1)oc1ccccc12.[c-]1ccccc1-c1ccccn1.[c-]1ccccc1-c1ccccn1.[c-]1ccccc1-c1ccccn1.[c-]1nc2c(cc1-c1ccccn1)oc1ccccc12. The molecule has 0 N–H and O–H groups in total. The summed E-state index contributed by atoms with van der Waals surface area (Å²) in [5.41, 5.74) is 26.4. The van der Waals surface area contributed by atoms with Crippen LogP contribution in [0.1, 0.15) is 16.7 Å². The molecule has 24 rings (SSSR count). The Kier molecular flexibility index (Phi) is 33.6. The molecule has 0 amide bonds. The topological polar surface area (TPSA) is 207 Å². The van der Waals surface area contributed by atoms with E-state index in [9.17, 15) is 0 Å². The van der Waals surface area contributed by atoms with E-state index in [0.29, 0.717) is 17.1 Å². The molecule has 0 aliphatic rings. The number of nitrogens with zero attached hydrogens (tertiary/aromatic N) is 12. The molecule has 0 saturated carbocycles. The summed E-state index contributed by atoms with van der Waals surface area (Å²) in [7, 11) is 0. The molecule has 0 spiro atoms. The van der Waals surface area contributed by atoms with Gasteiger partial charge in [0.05, 0.1) is 16.7 Å². The monoisotopic (exact) mass is 2410 g/mol. The van der Waals surface area contributed by atoms with Crippen LogP contribution in [-0.4, -0.2) is 59.8 Å². The minimum atomic E-state index is 0. The molecule has 20 heteroatoms. The maximum atomic E-state index is 5.80. The van der Waals surface area contributed by atoms with Crippen LogP contribution in [0, 0.1) is 69.6 Å². The van der Waals surface area contributed by atoms with Crippen molar-refractivity contribution < 1.29 is 98.1 Å². The summed E-state index contributed by atoms with van der Waals surface area (Å²) in [6, 6.07) is 129. The molecule has 0 unspecified atom stereocenters. The molecule has 0 aliphatic carbocycles. The van der Waals surface area contributed by atoms with Gasteiger partial charge < -0.3 is 67.5 Å². The first-order chi connectivity index (χ1) is 62.7. The first-order valence-corrected chi connectivity index (χ1v) is 40.7. The van der Waals surface area contributed by atoms with Crippen molar-refractivity contribution in [2.75, 3.05) is 0 Å². The zero-order chi connectivity index (χ0) is 86.1. The molecule has 0 fully saturated rings. The molecule has 16 nitrogen and oxygen atoms in total. The van der Waals surface area contributed by atoms with Crippen LogP contribution in [-0.2, 0) is 80.4 Å². The van der Waals surface area contributed by atoms with Crippen molar-refractivity contribution in [3.63, 3.8) is 0 Å². The van der Waals surface area contributed by atoms with Gasteiger partial charge in [-0.25, -0.2) is 4.98 Å². The van der Waals surface area contributed by atoms with Gasteiger partial charge in [-0.15, -0.1) is 178 Å². The number of pyridine rings is 12. The van der Waals surface area contributed by atoms with Crippen molar-refractivity contribution in [1.82, 2.24) is 59.8 Å². The summed E-state index contributed by atoms with van der Waals surface area (Å²) in [6.07, 6.45) is 22.2. The van der Waals surface area contributed by atoms with Gasteiger partial charge in [-0.3, -0.25) is 4.98 Å². The fraction of sp³-hybridized carbons (Fsp3) is 0.0270. The van der Waals surface area contributed by atoms with Gasteiger partial charge in [0.15, 0.2) is 5.71 Å². The molecule has 0 saturated heterocycles. The van der Waals surface area contributed by atoms with Crippen molar-refractivity contribution in [3.05, 3.63) is 461 Å². The summed E-state index contributed by atoms with van der Waals surface area (Å²) >= 11 is 0. The number of para-hydroxylation sites is 3. The average Bonchev–Trinajstić information content (AvgIpc) is 1.65. The molecule has 4 radical (unpaired) electrons. The van der Waals surface area contributed by atoms with Crippen molar-refractivity contribution >= 4 is 88.3 Å². The second kappa shape index (κ2) is 46.9. The van der Waals surface area contributed by atoms with Gasteiger partial charge in [0, 0.05) is 152 Å². The normalized spacial score (nSPS) is 10.3. The Morgan fingerprint density at radius 2 is 0.634 bits per heavy atom. The van der Waals surface area contributed by atoms with E-state index in [2.05, 4.69) is 129 Å². The minimum Gasteiger partial charge on any atom is -0.483 e. The standard InChI is InChI=1S/C17H11N2O.3C16H9N2O.C13H12N.3C11H8N.4Ir/c1-11-6-7-18-15(8-11)12-9-14-13-4-2-3-5-16(13)20-17(14)19-10-12;1-2-7-15-11(5-1)12-8-9-14(18-16(12)19-15)13-6-3-4-10-17-13;1-2-7-14-12(5-1)16-15(19-14)9-11(10-18-16)13-6-3-4-8-17-13;1-2-8-17-13(4-1)11-6-7-12-15(10-11)19-14-5-3-9-18-16(12)14;1-10-8-13(14-9-11(10)2)12-6-4-3-5-7-12;3*1-2-6-10(7-3-1)11-8-4-5-9-12-11;;;;/h2-9H,1H3;1-8,10H;1-9H;1-5,7-10H;3-6,8-9H,1-2H3;3*1-6,8-9H;;;;/q8*-1;;;;. The Balaban J connectivity index is 0.000000128. The van der Waals surface area contributed by atoms with Gasteiger partial charge in [-0.05, 0) is 179 Å². The van der Waals surface area contributed by atoms with Crippen LogP contribution in [0.25, 0.3) is 178 Å². The summed E-state index contributed by atoms with van der Waals surface area (Å²) in [5, 5.41) is 6.11. The molecule has 131 heavy (non-hydrogen) atoms. The number of furan rings is 4. The summed E-state index contributed by atoms with van der Waals surface area (Å²) in [4.78, 5) is 51.8. The third-order valence-corrected chi connectivity index (χ3v) is 20.0. The van der Waals surface area contributed by atoms with Crippen LogP contribution in [0.15, 0.2) is 413 Å². The zero-order valence-electron chi connectivity index (χ0n) is 70.4. The number of aryl methyl sites for hydroxylation is 3. The molecule has 16 heterocycles. The number of rotatable bonds is 8. The molecule has 16 aromatic heterocycles. The van der Waals surface area contributed by atoms with E-state index in [-0.39, 0.29) is 80.4 Å². The fourth-order valence-electron chi connectivity index (χ4n) is 13.5. The van der Waals surface area contributed by atoms with Gasteiger partial charge in [-0.2, -0.15) is 12.1 Å². The molecule has 0 bridgehead atoms. The molecule has 0 aliphatic heterocycles. The van der Waals surface area contributed by atoms with Gasteiger partial charge in [-0.1, -0.05) is 168 Å². The van der Waals surface area contributed by atoms with Crippen molar-refractivity contribution in [2.24, 2.45) is 0 Å². The van der Waals surface area contributed by atoms with Crippen molar-refractivity contribution in [2.45, 2.75) is 20.8 Å². The average molecular weight is 2410 g/mol. The summed E-state index contributed by atoms with van der Waals surface area (Å²) < 4.78 is 23.1.